The molecule has 1 aliphatic carbocycles. The SMILES string of the molecule is Cc1c(Br)c(C(F)(F)F)nn1[C@@H](C)C(=O)NC1CCCCC1. The van der Waals surface area contributed by atoms with E-state index in [0.717, 1.165) is 30.4 Å². The number of hydrogen-bond donors (Lipinski definition) is 1. The quantitative estimate of drug-likeness (QED) is 0.860. The molecule has 8 heteroatoms. The highest BCUT2D eigenvalue weighted by Crippen LogP contribution is 2.36. The molecule has 1 saturated carbocycles. The maximum atomic E-state index is 12.9. The maximum absolute atomic E-state index is 12.9. The molecule has 1 aromatic rings. The second-order valence-electron chi connectivity index (χ2n) is 5.71. The summed E-state index contributed by atoms with van der Waals surface area (Å²) in [4.78, 5) is 12.3. The van der Waals surface area contributed by atoms with Crippen LogP contribution < -0.4 is 5.32 Å². The third kappa shape index (κ3) is 3.64. The van der Waals surface area contributed by atoms with Gasteiger partial charge in [-0.2, -0.15) is 18.3 Å². The second kappa shape index (κ2) is 6.60. The highest BCUT2D eigenvalue weighted by Gasteiger charge is 2.39. The fourth-order valence-corrected chi connectivity index (χ4v) is 3.22. The summed E-state index contributed by atoms with van der Waals surface area (Å²) in [6.45, 7) is 3.07. The molecular weight excluding hydrogens is 363 g/mol. The van der Waals surface area contributed by atoms with Crippen molar-refractivity contribution in [3.63, 3.8) is 0 Å². The summed E-state index contributed by atoms with van der Waals surface area (Å²) in [5, 5.41) is 6.49. The first kappa shape index (κ1) is 17.3. The number of halogens is 4. The first-order chi connectivity index (χ1) is 10.2. The molecule has 0 unspecified atom stereocenters. The molecular formula is C14H19BrF3N3O. The lowest BCUT2D eigenvalue weighted by Gasteiger charge is -2.24. The smallest absolute Gasteiger partial charge is 0.352 e. The van der Waals surface area contributed by atoms with Gasteiger partial charge in [-0.25, -0.2) is 0 Å². The fourth-order valence-electron chi connectivity index (χ4n) is 2.74. The molecule has 0 aliphatic heterocycles. The van der Waals surface area contributed by atoms with Crippen LogP contribution in [0.2, 0.25) is 0 Å². The van der Waals surface area contributed by atoms with Crippen molar-refractivity contribution < 1.29 is 18.0 Å². The van der Waals surface area contributed by atoms with Crippen molar-refractivity contribution in [1.82, 2.24) is 15.1 Å². The van der Waals surface area contributed by atoms with E-state index < -0.39 is 17.9 Å². The van der Waals surface area contributed by atoms with Gasteiger partial charge in [-0.05, 0) is 42.6 Å². The molecule has 124 valence electrons. The van der Waals surface area contributed by atoms with Gasteiger partial charge in [-0.1, -0.05) is 19.3 Å². The van der Waals surface area contributed by atoms with Gasteiger partial charge < -0.3 is 5.32 Å². The molecule has 0 bridgehead atoms. The number of carbonyl (C=O) groups is 1. The van der Waals surface area contributed by atoms with Crippen LogP contribution in [0.25, 0.3) is 0 Å². The van der Waals surface area contributed by atoms with E-state index in [-0.39, 0.29) is 16.4 Å². The number of nitrogens with one attached hydrogen (secondary N) is 1. The molecule has 1 aromatic heterocycles. The van der Waals surface area contributed by atoms with Crippen LogP contribution in [0.15, 0.2) is 4.47 Å². The van der Waals surface area contributed by atoms with Gasteiger partial charge in [0.15, 0.2) is 5.69 Å². The van der Waals surface area contributed by atoms with Crippen LogP contribution in [0.1, 0.15) is 56.5 Å². The van der Waals surface area contributed by atoms with E-state index in [2.05, 4.69) is 26.3 Å². The summed E-state index contributed by atoms with van der Waals surface area (Å²) in [6.07, 6.45) is 0.617. The zero-order valence-electron chi connectivity index (χ0n) is 12.5. The molecule has 0 spiro atoms. The van der Waals surface area contributed by atoms with Gasteiger partial charge >= 0.3 is 6.18 Å². The summed E-state index contributed by atoms with van der Waals surface area (Å²) in [7, 11) is 0. The van der Waals surface area contributed by atoms with Crippen LogP contribution in [0, 0.1) is 6.92 Å². The van der Waals surface area contributed by atoms with Gasteiger partial charge in [0.2, 0.25) is 5.91 Å². The number of hydrogen-bond acceptors (Lipinski definition) is 2. The summed E-state index contributed by atoms with van der Waals surface area (Å²) in [5.74, 6) is -0.293. The average Bonchev–Trinajstić information content (AvgIpc) is 2.75. The number of rotatable bonds is 3. The molecule has 0 radical (unpaired) electrons. The number of carbonyl (C=O) groups excluding carboxylic acids is 1. The molecule has 22 heavy (non-hydrogen) atoms. The van der Waals surface area contributed by atoms with E-state index in [9.17, 15) is 18.0 Å². The average molecular weight is 382 g/mol. The number of aromatic nitrogens is 2. The minimum Gasteiger partial charge on any atom is -0.352 e. The molecule has 2 rings (SSSR count). The molecule has 1 heterocycles. The van der Waals surface area contributed by atoms with E-state index in [1.165, 1.54) is 13.3 Å². The van der Waals surface area contributed by atoms with Crippen LogP contribution in [0.4, 0.5) is 13.2 Å². The van der Waals surface area contributed by atoms with E-state index in [0.29, 0.717) is 5.69 Å². The molecule has 0 aromatic carbocycles. The summed E-state index contributed by atoms with van der Waals surface area (Å²) in [5.41, 5.74) is -0.707. The van der Waals surface area contributed by atoms with Crippen molar-refractivity contribution >= 4 is 21.8 Å². The highest BCUT2D eigenvalue weighted by molar-refractivity contribution is 9.10. The fraction of sp³-hybridized carbons (Fsp3) is 0.714. The first-order valence-electron chi connectivity index (χ1n) is 7.34. The minimum atomic E-state index is -4.55. The Morgan fingerprint density at radius 3 is 2.45 bits per heavy atom. The Morgan fingerprint density at radius 1 is 1.36 bits per heavy atom. The highest BCUT2D eigenvalue weighted by atomic mass is 79.9. The predicted octanol–water partition coefficient (Wildman–Crippen LogP) is 3.98. The van der Waals surface area contributed by atoms with Crippen molar-refractivity contribution in [1.29, 1.82) is 0 Å². The lowest BCUT2D eigenvalue weighted by Crippen LogP contribution is -2.40. The number of amides is 1. The number of nitrogens with zero attached hydrogens (tertiary/aromatic N) is 2. The lowest BCUT2D eigenvalue weighted by molar-refractivity contribution is -0.142. The van der Waals surface area contributed by atoms with E-state index in [4.69, 9.17) is 0 Å². The molecule has 1 amide bonds. The van der Waals surface area contributed by atoms with Gasteiger partial charge in [0.1, 0.15) is 6.04 Å². The topological polar surface area (TPSA) is 46.9 Å². The van der Waals surface area contributed by atoms with Crippen molar-refractivity contribution in [2.24, 2.45) is 0 Å². The maximum Gasteiger partial charge on any atom is 0.436 e. The van der Waals surface area contributed by atoms with E-state index >= 15 is 0 Å². The van der Waals surface area contributed by atoms with Crippen molar-refractivity contribution in [2.45, 2.75) is 64.2 Å². The monoisotopic (exact) mass is 381 g/mol. The first-order valence-corrected chi connectivity index (χ1v) is 8.13. The Morgan fingerprint density at radius 2 is 1.95 bits per heavy atom. The van der Waals surface area contributed by atoms with Gasteiger partial charge in [0.05, 0.1) is 10.2 Å². The molecule has 0 saturated heterocycles. The van der Waals surface area contributed by atoms with Crippen LogP contribution in [0.3, 0.4) is 0 Å². The Kier molecular flexibility index (Phi) is 5.19. The van der Waals surface area contributed by atoms with Crippen molar-refractivity contribution in [2.75, 3.05) is 0 Å². The van der Waals surface area contributed by atoms with E-state index in [1.54, 1.807) is 6.92 Å². The van der Waals surface area contributed by atoms with Crippen LogP contribution in [0.5, 0.6) is 0 Å². The van der Waals surface area contributed by atoms with Gasteiger partial charge in [0.25, 0.3) is 0 Å². The lowest BCUT2D eigenvalue weighted by atomic mass is 9.95. The van der Waals surface area contributed by atoms with Gasteiger partial charge in [0, 0.05) is 6.04 Å². The van der Waals surface area contributed by atoms with Crippen LogP contribution >= 0.6 is 15.9 Å². The minimum absolute atomic E-state index is 0.114. The van der Waals surface area contributed by atoms with Crippen molar-refractivity contribution in [3.05, 3.63) is 15.9 Å². The molecule has 1 aliphatic rings. The third-order valence-corrected chi connectivity index (χ3v) is 4.99. The Bertz CT molecular complexity index is 550. The standard InChI is InChI=1S/C14H19BrF3N3O/c1-8-11(15)12(14(16,17)18)20-21(8)9(2)13(22)19-10-6-4-3-5-7-10/h9-10H,3-7H2,1-2H3,(H,19,22)/t9-/m0/s1. The van der Waals surface area contributed by atoms with Crippen molar-refractivity contribution in [3.8, 4) is 0 Å². The predicted molar refractivity (Wildman–Crippen MR) is 79.4 cm³/mol. The molecule has 1 N–H and O–H groups in total. The van der Waals surface area contributed by atoms with Crippen LogP contribution in [-0.4, -0.2) is 21.7 Å². The van der Waals surface area contributed by atoms with Crippen LogP contribution in [-0.2, 0) is 11.0 Å². The molecule has 4 nitrogen and oxygen atoms in total. The largest absolute Gasteiger partial charge is 0.436 e. The second-order valence-corrected chi connectivity index (χ2v) is 6.50. The van der Waals surface area contributed by atoms with Gasteiger partial charge in [-0.15, -0.1) is 0 Å². The molecule has 1 atom stereocenters. The summed E-state index contributed by atoms with van der Waals surface area (Å²) < 4.78 is 39.6. The van der Waals surface area contributed by atoms with Gasteiger partial charge in [-0.3, -0.25) is 9.48 Å². The number of alkyl halides is 3. The Labute approximate surface area is 135 Å². The normalized spacial score (nSPS) is 18.3. The Balaban J connectivity index is 2.15. The summed E-state index contributed by atoms with van der Waals surface area (Å²) in [6, 6.07) is -0.667. The third-order valence-electron chi connectivity index (χ3n) is 4.04. The molecule has 1 fully saturated rings. The van der Waals surface area contributed by atoms with E-state index in [1.807, 2.05) is 0 Å². The zero-order valence-corrected chi connectivity index (χ0v) is 14.1. The summed E-state index contributed by atoms with van der Waals surface area (Å²) >= 11 is 2.92. The Hall–Kier alpha value is -1.05. The zero-order chi connectivity index (χ0) is 16.5.